The molecule has 1 aliphatic heterocycles. The number of benzene rings is 1. The van der Waals surface area contributed by atoms with E-state index in [-0.39, 0.29) is 6.04 Å². The summed E-state index contributed by atoms with van der Waals surface area (Å²) in [6.45, 7) is 2.65. The van der Waals surface area contributed by atoms with Crippen LogP contribution in [0.1, 0.15) is 24.0 Å². The van der Waals surface area contributed by atoms with E-state index in [1.807, 2.05) is 4.68 Å². The van der Waals surface area contributed by atoms with Gasteiger partial charge in [-0.05, 0) is 55.5 Å². The van der Waals surface area contributed by atoms with Gasteiger partial charge in [0.05, 0.1) is 24.4 Å². The van der Waals surface area contributed by atoms with Gasteiger partial charge in [0.2, 0.25) is 5.95 Å². The topological polar surface area (TPSA) is 117 Å². The minimum atomic E-state index is -0.967. The maximum atomic E-state index is 10.8. The molecule has 0 atom stereocenters. The first kappa shape index (κ1) is 20.5. The Balaban J connectivity index is 1.35. The second-order valence-corrected chi connectivity index (χ2v) is 8.72. The zero-order valence-corrected chi connectivity index (χ0v) is 18.2. The van der Waals surface area contributed by atoms with Crippen molar-refractivity contribution in [1.29, 1.82) is 0 Å². The third kappa shape index (κ3) is 4.05. The Morgan fingerprint density at radius 1 is 1.28 bits per heavy atom. The summed E-state index contributed by atoms with van der Waals surface area (Å²) in [5.74, 6) is 1.64. The van der Waals surface area contributed by atoms with E-state index in [0.29, 0.717) is 18.4 Å². The number of anilines is 2. The van der Waals surface area contributed by atoms with Gasteiger partial charge in [0.15, 0.2) is 5.65 Å². The molecule has 0 radical (unpaired) electrons. The highest BCUT2D eigenvalue weighted by Crippen LogP contribution is 2.33. The number of carbonyl (C=O) groups is 1. The predicted octanol–water partition coefficient (Wildman–Crippen LogP) is 2.61. The molecule has 168 valence electrons. The maximum Gasteiger partial charge on any atom is 0.404 e. The Morgan fingerprint density at radius 3 is 2.91 bits per heavy atom. The van der Waals surface area contributed by atoms with Crippen molar-refractivity contribution in [2.75, 3.05) is 26.0 Å². The fraction of sp³-hybridized carbons (Fsp3) is 0.455. The second-order valence-electron chi connectivity index (χ2n) is 8.72. The Labute approximate surface area is 185 Å². The molecule has 0 spiro atoms. The van der Waals surface area contributed by atoms with E-state index in [1.165, 1.54) is 11.1 Å². The molecule has 2 aromatic heterocycles. The summed E-state index contributed by atoms with van der Waals surface area (Å²) in [5.41, 5.74) is 4.20. The lowest BCUT2D eigenvalue weighted by atomic mass is 9.80. The Bertz CT molecular complexity index is 1160. The Kier molecular flexibility index (Phi) is 5.30. The minimum absolute atomic E-state index is 0.0294. The summed E-state index contributed by atoms with van der Waals surface area (Å²) >= 11 is 0. The van der Waals surface area contributed by atoms with Crippen molar-refractivity contribution < 1.29 is 14.6 Å². The largest absolute Gasteiger partial charge is 0.495 e. The number of methoxy groups -OCH3 is 1. The quantitative estimate of drug-likeness (QED) is 0.539. The molecule has 0 bridgehead atoms. The fourth-order valence-electron chi connectivity index (χ4n) is 4.60. The summed E-state index contributed by atoms with van der Waals surface area (Å²) in [6, 6.07) is 4.26. The van der Waals surface area contributed by atoms with Crippen molar-refractivity contribution in [2.24, 2.45) is 5.92 Å². The lowest BCUT2D eigenvalue weighted by Crippen LogP contribution is -2.44. The van der Waals surface area contributed by atoms with Crippen LogP contribution < -0.4 is 15.4 Å². The first-order valence-corrected chi connectivity index (χ1v) is 10.8. The molecule has 1 aromatic carbocycles. The average Bonchev–Trinajstić information content (AvgIpc) is 3.13. The number of fused-ring (bicyclic) bond motifs is 2. The van der Waals surface area contributed by atoms with Crippen LogP contribution in [-0.4, -0.2) is 62.6 Å². The summed E-state index contributed by atoms with van der Waals surface area (Å²) < 4.78 is 7.50. The zero-order valence-electron chi connectivity index (χ0n) is 18.2. The van der Waals surface area contributed by atoms with Gasteiger partial charge in [0.25, 0.3) is 0 Å². The summed E-state index contributed by atoms with van der Waals surface area (Å²) in [5, 5.41) is 20.0. The smallest absolute Gasteiger partial charge is 0.404 e. The van der Waals surface area contributed by atoms with Crippen molar-refractivity contribution >= 4 is 28.8 Å². The number of nitrogens with zero attached hydrogens (tertiary/aromatic N) is 5. The minimum Gasteiger partial charge on any atom is -0.495 e. The molecule has 1 fully saturated rings. The number of carboxylic acid groups (broad SMARTS) is 1. The van der Waals surface area contributed by atoms with Crippen LogP contribution in [0, 0.1) is 5.92 Å². The van der Waals surface area contributed by atoms with Crippen molar-refractivity contribution in [2.45, 2.75) is 38.4 Å². The molecule has 10 nitrogen and oxygen atoms in total. The van der Waals surface area contributed by atoms with Crippen LogP contribution in [0.25, 0.3) is 11.0 Å². The molecule has 10 heteroatoms. The molecule has 5 rings (SSSR count). The summed E-state index contributed by atoms with van der Waals surface area (Å²) in [7, 11) is 3.80. The number of rotatable bonds is 6. The van der Waals surface area contributed by atoms with Crippen molar-refractivity contribution in [1.82, 2.24) is 30.0 Å². The number of amides is 1. The summed E-state index contributed by atoms with van der Waals surface area (Å²) in [6.07, 6.45) is 5.19. The van der Waals surface area contributed by atoms with Gasteiger partial charge in [-0.25, -0.2) is 14.5 Å². The first-order valence-electron chi connectivity index (χ1n) is 10.8. The molecular formula is C22H27N7O3. The van der Waals surface area contributed by atoms with Gasteiger partial charge in [-0.3, -0.25) is 0 Å². The third-order valence-electron chi connectivity index (χ3n) is 6.34. The van der Waals surface area contributed by atoms with Crippen LogP contribution >= 0.6 is 0 Å². The molecule has 1 amide bonds. The maximum absolute atomic E-state index is 10.8. The van der Waals surface area contributed by atoms with E-state index in [1.54, 1.807) is 19.5 Å². The molecule has 0 unspecified atom stereocenters. The number of hydrogen-bond donors (Lipinski definition) is 3. The standard InChI is InChI=1S/C22H27N7O3/c1-28-4-3-14-8-19(32-2)18(7-15(14)12-28)26-21-23-9-16-10-24-29(20(16)27-21)11-13-5-17(6-13)25-22(30)31/h7-10,13,17,25H,3-6,11-12H2,1-2H3,(H,30,31)(H,23,26,27). The van der Waals surface area contributed by atoms with E-state index < -0.39 is 6.09 Å². The van der Waals surface area contributed by atoms with Crippen LogP contribution in [-0.2, 0) is 19.5 Å². The highest BCUT2D eigenvalue weighted by atomic mass is 16.5. The molecule has 0 saturated heterocycles. The van der Waals surface area contributed by atoms with Crippen molar-refractivity contribution in [3.63, 3.8) is 0 Å². The van der Waals surface area contributed by atoms with E-state index in [4.69, 9.17) is 14.8 Å². The van der Waals surface area contributed by atoms with E-state index in [9.17, 15) is 4.79 Å². The molecule has 3 heterocycles. The van der Waals surface area contributed by atoms with Gasteiger partial charge in [-0.2, -0.15) is 10.1 Å². The van der Waals surface area contributed by atoms with E-state index >= 15 is 0 Å². The highest BCUT2D eigenvalue weighted by molar-refractivity contribution is 5.76. The first-order chi connectivity index (χ1) is 15.5. The van der Waals surface area contributed by atoms with Crippen LogP contribution in [0.4, 0.5) is 16.4 Å². The lowest BCUT2D eigenvalue weighted by molar-refractivity contribution is 0.158. The molecule has 3 aromatic rings. The van der Waals surface area contributed by atoms with Gasteiger partial charge in [0, 0.05) is 31.9 Å². The fourth-order valence-corrected chi connectivity index (χ4v) is 4.60. The molecular weight excluding hydrogens is 410 g/mol. The van der Waals surface area contributed by atoms with Crippen LogP contribution in [0.2, 0.25) is 0 Å². The molecule has 3 N–H and O–H groups in total. The van der Waals surface area contributed by atoms with Gasteiger partial charge in [0.1, 0.15) is 5.75 Å². The normalized spacial score (nSPS) is 20.4. The van der Waals surface area contributed by atoms with Crippen molar-refractivity contribution in [3.05, 3.63) is 35.7 Å². The van der Waals surface area contributed by atoms with Gasteiger partial charge < -0.3 is 25.4 Å². The molecule has 1 saturated carbocycles. The highest BCUT2D eigenvalue weighted by Gasteiger charge is 2.31. The van der Waals surface area contributed by atoms with Crippen LogP contribution in [0.5, 0.6) is 5.75 Å². The van der Waals surface area contributed by atoms with Gasteiger partial charge in [-0.15, -0.1) is 0 Å². The van der Waals surface area contributed by atoms with Gasteiger partial charge >= 0.3 is 6.09 Å². The number of likely N-dealkylation sites (N-methyl/N-ethyl adjacent to an activating group) is 1. The van der Waals surface area contributed by atoms with E-state index in [2.05, 4.69) is 44.8 Å². The Morgan fingerprint density at radius 2 is 2.12 bits per heavy atom. The lowest BCUT2D eigenvalue weighted by Gasteiger charge is -2.34. The monoisotopic (exact) mass is 437 g/mol. The third-order valence-corrected chi connectivity index (χ3v) is 6.34. The number of nitrogens with one attached hydrogen (secondary N) is 2. The Hall–Kier alpha value is -3.40. The molecule has 2 aliphatic rings. The average molecular weight is 438 g/mol. The molecule has 32 heavy (non-hydrogen) atoms. The number of ether oxygens (including phenoxy) is 1. The second kappa shape index (κ2) is 8.27. The van der Waals surface area contributed by atoms with Gasteiger partial charge in [-0.1, -0.05) is 0 Å². The number of hydrogen-bond acceptors (Lipinski definition) is 7. The SMILES string of the molecule is COc1cc2c(cc1Nc1ncc3cnn(CC4CC(NC(=O)O)C4)c3n1)CN(C)CC2. The zero-order chi connectivity index (χ0) is 22.2. The number of aromatic nitrogens is 4. The van der Waals surface area contributed by atoms with E-state index in [0.717, 1.165) is 54.8 Å². The van der Waals surface area contributed by atoms with Crippen LogP contribution in [0.15, 0.2) is 24.5 Å². The van der Waals surface area contributed by atoms with Crippen LogP contribution in [0.3, 0.4) is 0 Å². The predicted molar refractivity (Wildman–Crippen MR) is 119 cm³/mol. The van der Waals surface area contributed by atoms with Crippen molar-refractivity contribution in [3.8, 4) is 5.75 Å². The molecule has 1 aliphatic carbocycles. The summed E-state index contributed by atoms with van der Waals surface area (Å²) in [4.78, 5) is 22.2.